The maximum atomic E-state index is 11.9. The van der Waals surface area contributed by atoms with E-state index in [0.29, 0.717) is 13.0 Å². The Balaban J connectivity index is 2.62. The summed E-state index contributed by atoms with van der Waals surface area (Å²) in [7, 11) is -3.85. The predicted octanol–water partition coefficient (Wildman–Crippen LogP) is 1.48. The summed E-state index contributed by atoms with van der Waals surface area (Å²) in [4.78, 5) is 0.786. The van der Waals surface area contributed by atoms with Gasteiger partial charge >= 0.3 is 6.18 Å². The Bertz CT molecular complexity index is 482. The van der Waals surface area contributed by atoms with Crippen LogP contribution in [0.2, 0.25) is 0 Å². The van der Waals surface area contributed by atoms with Crippen molar-refractivity contribution in [3.63, 3.8) is 0 Å². The van der Waals surface area contributed by atoms with E-state index in [9.17, 15) is 21.6 Å². The minimum Gasteiger partial charge on any atom is -0.330 e. The molecule has 0 radical (unpaired) electrons. The number of alkyl halides is 3. The van der Waals surface area contributed by atoms with Gasteiger partial charge < -0.3 is 5.73 Å². The SMILES string of the molecule is NCCc1ccc(S(=O)(=O)NCCC(F)(F)F)s1. The number of nitrogens with one attached hydrogen (secondary N) is 1. The van der Waals surface area contributed by atoms with E-state index in [4.69, 9.17) is 5.73 Å². The summed E-state index contributed by atoms with van der Waals surface area (Å²) in [5.74, 6) is 0. The smallest absolute Gasteiger partial charge is 0.330 e. The topological polar surface area (TPSA) is 72.2 Å². The second kappa shape index (κ2) is 6.00. The highest BCUT2D eigenvalue weighted by Crippen LogP contribution is 2.22. The third kappa shape index (κ3) is 4.92. The monoisotopic (exact) mass is 302 g/mol. The number of thiophene rings is 1. The molecule has 0 spiro atoms. The zero-order chi connectivity index (χ0) is 13.8. The van der Waals surface area contributed by atoms with Crippen LogP contribution in [0, 0.1) is 0 Å². The van der Waals surface area contributed by atoms with Crippen LogP contribution in [0.4, 0.5) is 13.2 Å². The highest BCUT2D eigenvalue weighted by Gasteiger charge is 2.27. The molecular weight excluding hydrogens is 289 g/mol. The number of nitrogens with two attached hydrogens (primary N) is 1. The molecule has 9 heteroatoms. The molecule has 18 heavy (non-hydrogen) atoms. The number of hydrogen-bond donors (Lipinski definition) is 2. The van der Waals surface area contributed by atoms with Crippen LogP contribution >= 0.6 is 11.3 Å². The van der Waals surface area contributed by atoms with Crippen LogP contribution in [0.25, 0.3) is 0 Å². The zero-order valence-electron chi connectivity index (χ0n) is 9.33. The lowest BCUT2D eigenvalue weighted by molar-refractivity contribution is -0.132. The minimum atomic E-state index is -4.37. The van der Waals surface area contributed by atoms with E-state index in [0.717, 1.165) is 16.2 Å². The summed E-state index contributed by atoms with van der Waals surface area (Å²) in [5.41, 5.74) is 5.32. The van der Waals surface area contributed by atoms with Crippen molar-refractivity contribution in [1.29, 1.82) is 0 Å². The maximum absolute atomic E-state index is 11.9. The fourth-order valence-corrected chi connectivity index (χ4v) is 3.63. The molecule has 0 atom stereocenters. The van der Waals surface area contributed by atoms with Crippen LogP contribution in [0.5, 0.6) is 0 Å². The van der Waals surface area contributed by atoms with Crippen LogP contribution < -0.4 is 10.5 Å². The molecule has 1 heterocycles. The van der Waals surface area contributed by atoms with Crippen LogP contribution in [-0.2, 0) is 16.4 Å². The van der Waals surface area contributed by atoms with Gasteiger partial charge in [0.05, 0.1) is 6.42 Å². The van der Waals surface area contributed by atoms with Gasteiger partial charge in [-0.05, 0) is 25.1 Å². The van der Waals surface area contributed by atoms with Crippen LogP contribution in [0.3, 0.4) is 0 Å². The fraction of sp³-hybridized carbons (Fsp3) is 0.556. The van der Waals surface area contributed by atoms with E-state index in [1.807, 2.05) is 4.72 Å². The Hall–Kier alpha value is -0.640. The molecule has 3 N–H and O–H groups in total. The Kier molecular flexibility index (Phi) is 5.14. The van der Waals surface area contributed by atoms with Gasteiger partial charge in [-0.25, -0.2) is 13.1 Å². The molecule has 0 aliphatic rings. The summed E-state index contributed by atoms with van der Waals surface area (Å²) in [6, 6.07) is 2.97. The Morgan fingerprint density at radius 3 is 2.56 bits per heavy atom. The van der Waals surface area contributed by atoms with E-state index in [2.05, 4.69) is 0 Å². The molecule has 1 aromatic rings. The molecule has 1 rings (SSSR count). The van der Waals surface area contributed by atoms with Gasteiger partial charge in [0.2, 0.25) is 10.0 Å². The quantitative estimate of drug-likeness (QED) is 0.836. The Morgan fingerprint density at radius 1 is 1.33 bits per heavy atom. The summed E-state index contributed by atoms with van der Waals surface area (Å²) >= 11 is 1.01. The second-order valence-electron chi connectivity index (χ2n) is 3.52. The molecule has 0 bridgehead atoms. The van der Waals surface area contributed by atoms with E-state index in [-0.39, 0.29) is 4.21 Å². The standard InChI is InChI=1S/C9H13F3N2O2S2/c10-9(11,12)4-6-14-18(15,16)8-2-1-7(17-8)3-5-13/h1-2,14H,3-6,13H2. The van der Waals surface area contributed by atoms with Gasteiger partial charge in [0.15, 0.2) is 0 Å². The van der Waals surface area contributed by atoms with Crippen molar-refractivity contribution in [1.82, 2.24) is 4.72 Å². The fourth-order valence-electron chi connectivity index (χ4n) is 1.18. The number of sulfonamides is 1. The molecule has 0 unspecified atom stereocenters. The van der Waals surface area contributed by atoms with Gasteiger partial charge in [0, 0.05) is 11.4 Å². The van der Waals surface area contributed by atoms with Gasteiger partial charge in [-0.2, -0.15) is 13.2 Å². The van der Waals surface area contributed by atoms with Crippen molar-refractivity contribution < 1.29 is 21.6 Å². The second-order valence-corrected chi connectivity index (χ2v) is 6.68. The van der Waals surface area contributed by atoms with Gasteiger partial charge in [-0.3, -0.25) is 0 Å². The average Bonchev–Trinajstić information content (AvgIpc) is 2.65. The summed E-state index contributed by atoms with van der Waals surface area (Å²) in [6.45, 7) is -0.266. The molecule has 0 aliphatic carbocycles. The van der Waals surface area contributed by atoms with Crippen molar-refractivity contribution in [3.05, 3.63) is 17.0 Å². The van der Waals surface area contributed by atoms with Crippen molar-refractivity contribution in [2.75, 3.05) is 13.1 Å². The molecule has 0 saturated carbocycles. The first-order valence-corrected chi connectivity index (χ1v) is 7.40. The molecule has 0 aliphatic heterocycles. The van der Waals surface area contributed by atoms with Crippen LogP contribution in [0.15, 0.2) is 16.3 Å². The van der Waals surface area contributed by atoms with E-state index >= 15 is 0 Å². The molecule has 0 aromatic carbocycles. The number of rotatable bonds is 6. The maximum Gasteiger partial charge on any atom is 0.390 e. The molecule has 1 aromatic heterocycles. The first-order valence-electron chi connectivity index (χ1n) is 5.10. The Labute approximate surface area is 107 Å². The lowest BCUT2D eigenvalue weighted by atomic mass is 10.3. The largest absolute Gasteiger partial charge is 0.390 e. The van der Waals surface area contributed by atoms with Crippen molar-refractivity contribution in [2.24, 2.45) is 5.73 Å². The highest BCUT2D eigenvalue weighted by atomic mass is 32.2. The van der Waals surface area contributed by atoms with Gasteiger partial charge in [-0.1, -0.05) is 0 Å². The lowest BCUT2D eigenvalue weighted by Crippen LogP contribution is -2.27. The van der Waals surface area contributed by atoms with E-state index in [1.165, 1.54) is 6.07 Å². The van der Waals surface area contributed by atoms with Crippen LogP contribution in [-0.4, -0.2) is 27.7 Å². The summed E-state index contributed by atoms with van der Waals surface area (Å²) in [6.07, 6.45) is -5.02. The molecule has 0 fully saturated rings. The van der Waals surface area contributed by atoms with Gasteiger partial charge in [0.25, 0.3) is 0 Å². The first-order chi connectivity index (χ1) is 8.24. The Morgan fingerprint density at radius 2 is 2.00 bits per heavy atom. The summed E-state index contributed by atoms with van der Waals surface area (Å²) in [5, 5.41) is 0. The predicted molar refractivity (Wildman–Crippen MR) is 62.9 cm³/mol. The molecule has 4 nitrogen and oxygen atoms in total. The zero-order valence-corrected chi connectivity index (χ0v) is 11.0. The number of hydrogen-bond acceptors (Lipinski definition) is 4. The van der Waals surface area contributed by atoms with Crippen molar-refractivity contribution in [3.8, 4) is 0 Å². The van der Waals surface area contributed by atoms with Gasteiger partial charge in [-0.15, -0.1) is 11.3 Å². The number of halogens is 3. The third-order valence-corrected chi connectivity index (χ3v) is 5.09. The van der Waals surface area contributed by atoms with E-state index in [1.54, 1.807) is 6.07 Å². The third-order valence-electron chi connectivity index (χ3n) is 1.99. The molecule has 104 valence electrons. The first kappa shape index (κ1) is 15.4. The highest BCUT2D eigenvalue weighted by molar-refractivity contribution is 7.91. The summed E-state index contributed by atoms with van der Waals surface area (Å²) < 4.78 is 60.9. The molecule has 0 amide bonds. The molecule has 0 saturated heterocycles. The lowest BCUT2D eigenvalue weighted by Gasteiger charge is -2.07. The van der Waals surface area contributed by atoms with E-state index < -0.39 is 29.2 Å². The van der Waals surface area contributed by atoms with Crippen LogP contribution in [0.1, 0.15) is 11.3 Å². The average molecular weight is 302 g/mol. The molecular formula is C9H13F3N2O2S2. The van der Waals surface area contributed by atoms with Crippen molar-refractivity contribution >= 4 is 21.4 Å². The van der Waals surface area contributed by atoms with Gasteiger partial charge in [0.1, 0.15) is 4.21 Å². The minimum absolute atomic E-state index is 0.00752. The van der Waals surface area contributed by atoms with Crippen molar-refractivity contribution in [2.45, 2.75) is 23.2 Å². The normalized spacial score (nSPS) is 12.9.